The molecular weight excluding hydrogens is 231 g/mol. The number of nitrogens with zero attached hydrogens (tertiary/aromatic N) is 1. The second-order valence-corrected chi connectivity index (χ2v) is 4.92. The van der Waals surface area contributed by atoms with Crippen LogP contribution < -0.4 is 5.32 Å². The Morgan fingerprint density at radius 1 is 1.56 bits per heavy atom. The third-order valence-corrected chi connectivity index (χ3v) is 3.43. The van der Waals surface area contributed by atoms with Crippen molar-refractivity contribution in [2.75, 3.05) is 20.1 Å². The second-order valence-electron chi connectivity index (χ2n) is 4.92. The average Bonchev–Trinajstić information content (AvgIpc) is 2.84. The lowest BCUT2D eigenvalue weighted by Crippen LogP contribution is -2.39. The lowest BCUT2D eigenvalue weighted by Gasteiger charge is -2.21. The summed E-state index contributed by atoms with van der Waals surface area (Å²) in [7, 11) is 1.73. The maximum absolute atomic E-state index is 13.9. The van der Waals surface area contributed by atoms with Crippen LogP contribution in [0.1, 0.15) is 28.8 Å². The van der Waals surface area contributed by atoms with Gasteiger partial charge in [0.05, 0.1) is 5.56 Å². The minimum Gasteiger partial charge on any atom is -0.340 e. The molecule has 3 nitrogen and oxygen atoms in total. The molecule has 0 radical (unpaired) electrons. The van der Waals surface area contributed by atoms with E-state index in [2.05, 4.69) is 5.32 Å². The average molecular weight is 250 g/mol. The zero-order valence-electron chi connectivity index (χ0n) is 10.9. The van der Waals surface area contributed by atoms with Crippen molar-refractivity contribution in [2.24, 2.45) is 0 Å². The number of amides is 1. The van der Waals surface area contributed by atoms with Crippen LogP contribution >= 0.6 is 0 Å². The zero-order valence-corrected chi connectivity index (χ0v) is 10.9. The van der Waals surface area contributed by atoms with E-state index < -0.39 is 5.82 Å². The summed E-state index contributed by atoms with van der Waals surface area (Å²) in [5.74, 6) is -0.654. The van der Waals surface area contributed by atoms with E-state index in [1.165, 1.54) is 0 Å². The van der Waals surface area contributed by atoms with Gasteiger partial charge in [-0.2, -0.15) is 0 Å². The van der Waals surface area contributed by atoms with E-state index in [-0.39, 0.29) is 11.5 Å². The van der Waals surface area contributed by atoms with Gasteiger partial charge in [0, 0.05) is 19.6 Å². The number of carbonyl (C=O) groups excluding carboxylic acids is 1. The molecule has 1 aliphatic heterocycles. The van der Waals surface area contributed by atoms with Crippen LogP contribution in [0.2, 0.25) is 0 Å². The molecule has 1 heterocycles. The van der Waals surface area contributed by atoms with Gasteiger partial charge in [-0.1, -0.05) is 12.1 Å². The van der Waals surface area contributed by atoms with Gasteiger partial charge in [-0.25, -0.2) is 4.39 Å². The molecule has 2 rings (SSSR count). The zero-order chi connectivity index (χ0) is 13.1. The van der Waals surface area contributed by atoms with Crippen molar-refractivity contribution in [3.63, 3.8) is 0 Å². The molecular formula is C14H19FN2O. The van der Waals surface area contributed by atoms with Crippen LogP contribution in [-0.2, 0) is 0 Å². The lowest BCUT2D eigenvalue weighted by molar-refractivity contribution is 0.0779. The molecule has 1 aliphatic rings. The fraction of sp³-hybridized carbons (Fsp3) is 0.500. The van der Waals surface area contributed by atoms with Gasteiger partial charge >= 0.3 is 0 Å². The highest BCUT2D eigenvalue weighted by Crippen LogP contribution is 2.15. The van der Waals surface area contributed by atoms with Crippen molar-refractivity contribution in [2.45, 2.75) is 25.8 Å². The summed E-state index contributed by atoms with van der Waals surface area (Å²) in [6.45, 7) is 3.31. The molecule has 0 aromatic heterocycles. The van der Waals surface area contributed by atoms with Gasteiger partial charge in [-0.05, 0) is 37.9 Å². The summed E-state index contributed by atoms with van der Waals surface area (Å²) in [4.78, 5) is 13.8. The van der Waals surface area contributed by atoms with E-state index in [0.29, 0.717) is 18.2 Å². The first-order valence-electron chi connectivity index (χ1n) is 6.33. The Morgan fingerprint density at radius 3 is 3.00 bits per heavy atom. The number of likely N-dealkylation sites (N-methyl/N-ethyl adjacent to an activating group) is 1. The predicted molar refractivity (Wildman–Crippen MR) is 69.1 cm³/mol. The van der Waals surface area contributed by atoms with Gasteiger partial charge in [-0.15, -0.1) is 0 Å². The van der Waals surface area contributed by atoms with E-state index in [1.54, 1.807) is 37.1 Å². The van der Waals surface area contributed by atoms with Gasteiger partial charge < -0.3 is 10.2 Å². The SMILES string of the molecule is Cc1cccc(C(=O)N(C)CC2CCCN2)c1F. The molecule has 1 aromatic rings. The number of halogens is 1. The van der Waals surface area contributed by atoms with Crippen LogP contribution in [0, 0.1) is 12.7 Å². The van der Waals surface area contributed by atoms with Crippen molar-refractivity contribution in [1.82, 2.24) is 10.2 Å². The number of carbonyl (C=O) groups is 1. The molecule has 0 spiro atoms. The normalized spacial score (nSPS) is 18.9. The van der Waals surface area contributed by atoms with Gasteiger partial charge in [-0.3, -0.25) is 4.79 Å². The molecule has 18 heavy (non-hydrogen) atoms. The quantitative estimate of drug-likeness (QED) is 0.889. The molecule has 1 fully saturated rings. The number of nitrogens with one attached hydrogen (secondary N) is 1. The molecule has 1 amide bonds. The van der Waals surface area contributed by atoms with Crippen molar-refractivity contribution >= 4 is 5.91 Å². The fourth-order valence-corrected chi connectivity index (χ4v) is 2.34. The first-order valence-corrected chi connectivity index (χ1v) is 6.33. The standard InChI is InChI=1S/C14H19FN2O/c1-10-5-3-7-12(13(10)15)14(18)17(2)9-11-6-4-8-16-11/h3,5,7,11,16H,4,6,8-9H2,1-2H3. The highest BCUT2D eigenvalue weighted by atomic mass is 19.1. The highest BCUT2D eigenvalue weighted by Gasteiger charge is 2.21. The van der Waals surface area contributed by atoms with Crippen LogP contribution in [0.15, 0.2) is 18.2 Å². The first-order chi connectivity index (χ1) is 8.59. The Labute approximate surface area is 107 Å². The minimum atomic E-state index is -0.409. The summed E-state index contributed by atoms with van der Waals surface area (Å²) >= 11 is 0. The smallest absolute Gasteiger partial charge is 0.256 e. The number of aryl methyl sites for hydroxylation is 1. The largest absolute Gasteiger partial charge is 0.340 e. The van der Waals surface area contributed by atoms with Crippen LogP contribution in [0.3, 0.4) is 0 Å². The molecule has 0 saturated carbocycles. The molecule has 1 aromatic carbocycles. The van der Waals surface area contributed by atoms with Crippen molar-refractivity contribution < 1.29 is 9.18 Å². The molecule has 0 aliphatic carbocycles. The second kappa shape index (κ2) is 5.48. The summed E-state index contributed by atoms with van der Waals surface area (Å²) in [6.07, 6.45) is 2.22. The first kappa shape index (κ1) is 13.0. The summed E-state index contributed by atoms with van der Waals surface area (Å²) in [6, 6.07) is 5.27. The number of rotatable bonds is 3. The monoisotopic (exact) mass is 250 g/mol. The van der Waals surface area contributed by atoms with Gasteiger partial charge in [0.2, 0.25) is 0 Å². The summed E-state index contributed by atoms with van der Waals surface area (Å²) in [5, 5.41) is 3.33. The Hall–Kier alpha value is -1.42. The van der Waals surface area contributed by atoms with E-state index in [9.17, 15) is 9.18 Å². The van der Waals surface area contributed by atoms with Crippen LogP contribution in [-0.4, -0.2) is 37.0 Å². The van der Waals surface area contributed by atoms with Crippen molar-refractivity contribution in [3.8, 4) is 0 Å². The molecule has 1 atom stereocenters. The number of hydrogen-bond acceptors (Lipinski definition) is 2. The van der Waals surface area contributed by atoms with Gasteiger partial charge in [0.1, 0.15) is 5.82 Å². The summed E-state index contributed by atoms with van der Waals surface area (Å²) in [5.41, 5.74) is 0.670. The fourth-order valence-electron chi connectivity index (χ4n) is 2.34. The Kier molecular flexibility index (Phi) is 3.97. The molecule has 1 saturated heterocycles. The van der Waals surface area contributed by atoms with Crippen LogP contribution in [0.4, 0.5) is 4.39 Å². The van der Waals surface area contributed by atoms with Crippen molar-refractivity contribution in [3.05, 3.63) is 35.1 Å². The maximum Gasteiger partial charge on any atom is 0.256 e. The Morgan fingerprint density at radius 2 is 2.33 bits per heavy atom. The van der Waals surface area contributed by atoms with E-state index in [4.69, 9.17) is 0 Å². The third kappa shape index (κ3) is 2.70. The van der Waals surface area contributed by atoms with Crippen LogP contribution in [0.5, 0.6) is 0 Å². The molecule has 1 unspecified atom stereocenters. The molecule has 1 N–H and O–H groups in total. The Bertz CT molecular complexity index is 441. The van der Waals surface area contributed by atoms with Crippen molar-refractivity contribution in [1.29, 1.82) is 0 Å². The number of benzene rings is 1. The lowest BCUT2D eigenvalue weighted by atomic mass is 10.1. The third-order valence-electron chi connectivity index (χ3n) is 3.43. The topological polar surface area (TPSA) is 32.3 Å². The van der Waals surface area contributed by atoms with Gasteiger partial charge in [0.15, 0.2) is 0 Å². The maximum atomic E-state index is 13.9. The summed E-state index contributed by atoms with van der Waals surface area (Å²) < 4.78 is 13.9. The Balaban J connectivity index is 2.07. The minimum absolute atomic E-state index is 0.162. The van der Waals surface area contributed by atoms with Gasteiger partial charge in [0.25, 0.3) is 5.91 Å². The molecule has 4 heteroatoms. The number of hydrogen-bond donors (Lipinski definition) is 1. The van der Waals surface area contributed by atoms with Crippen LogP contribution in [0.25, 0.3) is 0 Å². The van der Waals surface area contributed by atoms with E-state index in [0.717, 1.165) is 19.4 Å². The van der Waals surface area contributed by atoms with E-state index in [1.807, 2.05) is 0 Å². The molecule has 0 bridgehead atoms. The highest BCUT2D eigenvalue weighted by molar-refractivity contribution is 5.94. The predicted octanol–water partition coefficient (Wildman–Crippen LogP) is 1.96. The molecule has 98 valence electrons. The van der Waals surface area contributed by atoms with E-state index >= 15 is 0 Å².